The molecule has 128 valence electrons. The van der Waals surface area contributed by atoms with E-state index in [0.717, 1.165) is 35.6 Å². The molecule has 1 heterocycles. The third kappa shape index (κ3) is 3.55. The number of thiazole rings is 1. The molecular formula is C16H10ClFN2O3S2. The quantitative estimate of drug-likeness (QED) is 0.634. The van der Waals surface area contributed by atoms with Gasteiger partial charge in [0.05, 0.1) is 4.90 Å². The molecule has 0 aliphatic carbocycles. The number of carbonyl (C=O) groups is 1. The predicted octanol–water partition coefficient (Wildman–Crippen LogP) is 3.43. The Bertz CT molecular complexity index is 1090. The fourth-order valence-corrected chi connectivity index (χ4v) is 4.49. The van der Waals surface area contributed by atoms with E-state index >= 15 is 0 Å². The molecule has 3 rings (SSSR count). The van der Waals surface area contributed by atoms with Gasteiger partial charge in [0.25, 0.3) is 10.0 Å². The summed E-state index contributed by atoms with van der Waals surface area (Å²) < 4.78 is 43.1. The largest absolute Gasteiger partial charge is 0.297 e. The third-order valence-corrected chi connectivity index (χ3v) is 6.07. The summed E-state index contributed by atoms with van der Waals surface area (Å²) in [5.74, 6) is -0.555. The molecule has 25 heavy (non-hydrogen) atoms. The summed E-state index contributed by atoms with van der Waals surface area (Å²) in [5.41, 5.74) is 0.560. The number of rotatable bonds is 4. The number of hydrogen-bond donors (Lipinski definition) is 0. The van der Waals surface area contributed by atoms with E-state index in [1.165, 1.54) is 4.57 Å². The lowest BCUT2D eigenvalue weighted by molar-refractivity contribution is 0.112. The molecule has 0 radical (unpaired) electrons. The number of sulfonamides is 1. The highest BCUT2D eigenvalue weighted by molar-refractivity contribution is 7.90. The number of aromatic nitrogens is 1. The third-order valence-electron chi connectivity index (χ3n) is 3.22. The first-order valence-corrected chi connectivity index (χ1v) is 9.54. The van der Waals surface area contributed by atoms with Crippen LogP contribution in [-0.2, 0) is 10.0 Å². The maximum absolute atomic E-state index is 13.0. The minimum absolute atomic E-state index is 0.0163. The lowest BCUT2D eigenvalue weighted by Gasteiger charge is -2.04. The van der Waals surface area contributed by atoms with Crippen LogP contribution in [0.15, 0.2) is 63.9 Å². The molecule has 0 fully saturated rings. The molecule has 2 aromatic carbocycles. The summed E-state index contributed by atoms with van der Waals surface area (Å²) in [5, 5.41) is 0.0688. The van der Waals surface area contributed by atoms with Crippen LogP contribution in [0.3, 0.4) is 0 Å². The van der Waals surface area contributed by atoms with Crippen molar-refractivity contribution >= 4 is 39.2 Å². The lowest BCUT2D eigenvalue weighted by Crippen LogP contribution is -2.15. The lowest BCUT2D eigenvalue weighted by atomic mass is 10.3. The Labute approximate surface area is 151 Å². The van der Waals surface area contributed by atoms with Crippen molar-refractivity contribution in [3.63, 3.8) is 0 Å². The molecule has 9 heteroatoms. The second-order valence-electron chi connectivity index (χ2n) is 4.85. The van der Waals surface area contributed by atoms with Crippen molar-refractivity contribution in [1.82, 2.24) is 4.57 Å². The van der Waals surface area contributed by atoms with Crippen LogP contribution < -0.4 is 4.80 Å². The maximum Gasteiger partial charge on any atom is 0.285 e. The maximum atomic E-state index is 13.0. The van der Waals surface area contributed by atoms with Gasteiger partial charge in [0.2, 0.25) is 4.80 Å². The van der Waals surface area contributed by atoms with Gasteiger partial charge in [-0.2, -0.15) is 8.42 Å². The van der Waals surface area contributed by atoms with Crippen molar-refractivity contribution in [3.05, 3.63) is 75.2 Å². The molecule has 1 aromatic heterocycles. The molecule has 0 aliphatic heterocycles. The molecule has 0 saturated heterocycles. The van der Waals surface area contributed by atoms with Gasteiger partial charge in [-0.15, -0.1) is 4.40 Å². The van der Waals surface area contributed by atoms with Crippen LogP contribution >= 0.6 is 22.9 Å². The summed E-state index contributed by atoms with van der Waals surface area (Å²) in [6.45, 7) is 0. The topological polar surface area (TPSA) is 68.5 Å². The van der Waals surface area contributed by atoms with Crippen molar-refractivity contribution < 1.29 is 17.6 Å². The SMILES string of the molecule is O=Cc1s/c(=N\S(=O)(=O)c2ccc(F)cc2)n(-c2ccccc2)c1Cl. The molecule has 0 bridgehead atoms. The van der Waals surface area contributed by atoms with Crippen LogP contribution in [0.2, 0.25) is 5.15 Å². The zero-order valence-electron chi connectivity index (χ0n) is 12.5. The number of para-hydroxylation sites is 1. The highest BCUT2D eigenvalue weighted by atomic mass is 35.5. The Morgan fingerprint density at radius 1 is 1.08 bits per heavy atom. The first-order chi connectivity index (χ1) is 11.9. The fourth-order valence-electron chi connectivity index (χ4n) is 2.08. The van der Waals surface area contributed by atoms with Gasteiger partial charge in [0, 0.05) is 5.69 Å². The summed E-state index contributed by atoms with van der Waals surface area (Å²) in [6.07, 6.45) is 0.538. The summed E-state index contributed by atoms with van der Waals surface area (Å²) in [4.78, 5) is 11.2. The molecule has 5 nitrogen and oxygen atoms in total. The smallest absolute Gasteiger partial charge is 0.285 e. The van der Waals surface area contributed by atoms with Crippen molar-refractivity contribution in [2.24, 2.45) is 4.40 Å². The van der Waals surface area contributed by atoms with Gasteiger partial charge >= 0.3 is 0 Å². The first-order valence-electron chi connectivity index (χ1n) is 6.91. The van der Waals surface area contributed by atoms with Crippen LogP contribution in [0, 0.1) is 5.82 Å². The molecule has 0 aliphatic rings. The Kier molecular flexibility index (Phi) is 4.85. The van der Waals surface area contributed by atoms with Crippen molar-refractivity contribution in [2.45, 2.75) is 4.90 Å². The Balaban J connectivity index is 2.25. The van der Waals surface area contributed by atoms with Gasteiger partial charge in [-0.25, -0.2) is 4.39 Å². The van der Waals surface area contributed by atoms with Crippen molar-refractivity contribution in [2.75, 3.05) is 0 Å². The second-order valence-corrected chi connectivity index (χ2v) is 7.82. The zero-order chi connectivity index (χ0) is 18.0. The number of carbonyl (C=O) groups excluding carboxylic acids is 1. The van der Waals surface area contributed by atoms with Crippen LogP contribution in [0.5, 0.6) is 0 Å². The molecule has 0 atom stereocenters. The standard InChI is InChI=1S/C16H10ClFN2O3S2/c17-15-14(10-21)24-16(20(15)12-4-2-1-3-5-12)19-25(22,23)13-8-6-11(18)7-9-13/h1-10H/b19-16-. The van der Waals surface area contributed by atoms with Crippen LogP contribution in [0.25, 0.3) is 5.69 Å². The summed E-state index contributed by atoms with van der Waals surface area (Å²) >= 11 is 7.05. The summed E-state index contributed by atoms with van der Waals surface area (Å²) in [7, 11) is -4.10. The van der Waals surface area contributed by atoms with E-state index in [9.17, 15) is 17.6 Å². The molecule has 0 spiro atoms. The molecule has 0 N–H and O–H groups in total. The monoisotopic (exact) mass is 396 g/mol. The second kappa shape index (κ2) is 6.91. The normalized spacial score (nSPS) is 12.3. The van der Waals surface area contributed by atoms with Crippen molar-refractivity contribution in [1.29, 1.82) is 0 Å². The van der Waals surface area contributed by atoms with Gasteiger partial charge in [0.1, 0.15) is 15.8 Å². The average molecular weight is 397 g/mol. The predicted molar refractivity (Wildman–Crippen MR) is 93.2 cm³/mol. The minimum atomic E-state index is -4.10. The zero-order valence-corrected chi connectivity index (χ0v) is 14.9. The Morgan fingerprint density at radius 2 is 1.72 bits per heavy atom. The highest BCUT2D eigenvalue weighted by Gasteiger charge is 2.17. The van der Waals surface area contributed by atoms with E-state index in [-0.39, 0.29) is 19.7 Å². The molecule has 0 saturated carbocycles. The Morgan fingerprint density at radius 3 is 2.32 bits per heavy atom. The van der Waals surface area contributed by atoms with E-state index in [1.807, 2.05) is 0 Å². The first kappa shape index (κ1) is 17.5. The number of hydrogen-bond acceptors (Lipinski definition) is 4. The van der Waals surface area contributed by atoms with E-state index in [4.69, 9.17) is 11.6 Å². The number of halogens is 2. The molecular weight excluding hydrogens is 387 g/mol. The molecule has 0 unspecified atom stereocenters. The number of aldehydes is 1. The summed E-state index contributed by atoms with van der Waals surface area (Å²) in [6, 6.07) is 13.0. The van der Waals surface area contributed by atoms with Crippen LogP contribution in [-0.4, -0.2) is 19.3 Å². The number of nitrogens with zero attached hydrogens (tertiary/aromatic N) is 2. The van der Waals surface area contributed by atoms with Crippen molar-refractivity contribution in [3.8, 4) is 5.69 Å². The fraction of sp³-hybridized carbons (Fsp3) is 0. The Hall–Kier alpha value is -2.29. The van der Waals surface area contributed by atoms with Crippen LogP contribution in [0.4, 0.5) is 4.39 Å². The van der Waals surface area contributed by atoms with E-state index in [0.29, 0.717) is 12.0 Å². The van der Waals surface area contributed by atoms with Crippen LogP contribution in [0.1, 0.15) is 9.67 Å². The van der Waals surface area contributed by atoms with Gasteiger partial charge < -0.3 is 0 Å². The van der Waals surface area contributed by atoms with Gasteiger partial charge in [-0.1, -0.05) is 41.1 Å². The van der Waals surface area contributed by atoms with Gasteiger partial charge in [-0.3, -0.25) is 9.36 Å². The van der Waals surface area contributed by atoms with E-state index in [2.05, 4.69) is 4.40 Å². The van der Waals surface area contributed by atoms with Gasteiger partial charge in [0.15, 0.2) is 6.29 Å². The minimum Gasteiger partial charge on any atom is -0.297 e. The van der Waals surface area contributed by atoms with Gasteiger partial charge in [-0.05, 0) is 36.4 Å². The van der Waals surface area contributed by atoms with E-state index in [1.54, 1.807) is 30.3 Å². The average Bonchev–Trinajstić information content (AvgIpc) is 2.90. The highest BCUT2D eigenvalue weighted by Crippen LogP contribution is 2.22. The van der Waals surface area contributed by atoms with E-state index < -0.39 is 15.8 Å². The molecule has 3 aromatic rings. The molecule has 0 amide bonds. The number of benzene rings is 2.